The lowest BCUT2D eigenvalue weighted by Crippen LogP contribution is -2.43. The molecule has 0 bridgehead atoms. The topological polar surface area (TPSA) is 78.5 Å². The van der Waals surface area contributed by atoms with E-state index in [9.17, 15) is 14.4 Å². The van der Waals surface area contributed by atoms with Gasteiger partial charge in [0.1, 0.15) is 0 Å². The number of hydrogen-bond acceptors (Lipinski definition) is 3. The summed E-state index contributed by atoms with van der Waals surface area (Å²) < 4.78 is 0. The fourth-order valence-corrected chi connectivity index (χ4v) is 3.48. The molecule has 1 atom stereocenters. The van der Waals surface area contributed by atoms with Gasteiger partial charge in [0.05, 0.1) is 5.92 Å². The number of rotatable bonds is 5. The molecule has 2 aromatic carbocycles. The lowest BCUT2D eigenvalue weighted by Gasteiger charge is -2.32. The molecule has 1 saturated heterocycles. The number of hydrogen-bond donors (Lipinski definition) is 2. The van der Waals surface area contributed by atoms with Crippen molar-refractivity contribution in [3.8, 4) is 0 Å². The summed E-state index contributed by atoms with van der Waals surface area (Å²) in [5.41, 5.74) is 1.81. The van der Waals surface area contributed by atoms with Gasteiger partial charge in [-0.05, 0) is 55.3 Å². The summed E-state index contributed by atoms with van der Waals surface area (Å²) in [7, 11) is 0. The first-order chi connectivity index (χ1) is 14.3. The fraction of sp³-hybridized carbons (Fsp3) is 0.348. The van der Waals surface area contributed by atoms with Crippen LogP contribution in [-0.4, -0.2) is 35.7 Å². The van der Waals surface area contributed by atoms with Gasteiger partial charge in [-0.2, -0.15) is 0 Å². The minimum atomic E-state index is -0.288. The van der Waals surface area contributed by atoms with E-state index in [2.05, 4.69) is 10.6 Å². The Morgan fingerprint density at radius 3 is 2.37 bits per heavy atom. The highest BCUT2D eigenvalue weighted by Crippen LogP contribution is 2.22. The molecule has 1 unspecified atom stereocenters. The third-order valence-electron chi connectivity index (χ3n) is 5.09. The van der Waals surface area contributed by atoms with Crippen LogP contribution in [0.3, 0.4) is 0 Å². The molecule has 0 radical (unpaired) electrons. The fourth-order valence-electron chi connectivity index (χ4n) is 3.36. The molecule has 2 N–H and O–H groups in total. The van der Waals surface area contributed by atoms with Crippen molar-refractivity contribution < 1.29 is 14.4 Å². The molecule has 0 aromatic heterocycles. The maximum absolute atomic E-state index is 12.8. The van der Waals surface area contributed by atoms with Gasteiger partial charge in [0.15, 0.2) is 0 Å². The second-order valence-corrected chi connectivity index (χ2v) is 8.25. The SMILES string of the molecule is CC(C)C(=O)Nc1cccc(NC(=O)C2CCCN(C(=O)c3ccc(Cl)cc3)C2)c1. The monoisotopic (exact) mass is 427 g/mol. The molecule has 6 nitrogen and oxygen atoms in total. The molecule has 1 fully saturated rings. The molecule has 0 saturated carbocycles. The largest absolute Gasteiger partial charge is 0.338 e. The zero-order valence-electron chi connectivity index (χ0n) is 17.2. The average molecular weight is 428 g/mol. The average Bonchev–Trinajstić information content (AvgIpc) is 2.74. The summed E-state index contributed by atoms with van der Waals surface area (Å²) in [5.74, 6) is -0.723. The molecule has 0 aliphatic carbocycles. The molecule has 158 valence electrons. The van der Waals surface area contributed by atoms with E-state index < -0.39 is 0 Å². The maximum atomic E-state index is 12.8. The molecule has 2 aromatic rings. The first-order valence-corrected chi connectivity index (χ1v) is 10.5. The van der Waals surface area contributed by atoms with Crippen molar-refractivity contribution in [3.63, 3.8) is 0 Å². The van der Waals surface area contributed by atoms with Gasteiger partial charge in [-0.1, -0.05) is 31.5 Å². The van der Waals surface area contributed by atoms with Crippen LogP contribution < -0.4 is 10.6 Å². The Balaban J connectivity index is 1.62. The predicted molar refractivity (Wildman–Crippen MR) is 119 cm³/mol. The van der Waals surface area contributed by atoms with E-state index in [0.717, 1.165) is 12.8 Å². The highest BCUT2D eigenvalue weighted by Gasteiger charge is 2.29. The van der Waals surface area contributed by atoms with Crippen molar-refractivity contribution in [2.75, 3.05) is 23.7 Å². The summed E-state index contributed by atoms with van der Waals surface area (Å²) in [6, 6.07) is 13.9. The number of likely N-dealkylation sites (tertiary alicyclic amines) is 1. The van der Waals surface area contributed by atoms with E-state index in [1.165, 1.54) is 0 Å². The van der Waals surface area contributed by atoms with Crippen LogP contribution in [0, 0.1) is 11.8 Å². The highest BCUT2D eigenvalue weighted by molar-refractivity contribution is 6.30. The molecular weight excluding hydrogens is 402 g/mol. The molecule has 0 spiro atoms. The second-order valence-electron chi connectivity index (χ2n) is 7.81. The quantitative estimate of drug-likeness (QED) is 0.741. The second kappa shape index (κ2) is 9.76. The van der Waals surface area contributed by atoms with Gasteiger partial charge in [-0.3, -0.25) is 14.4 Å². The van der Waals surface area contributed by atoms with E-state index in [1.807, 2.05) is 13.8 Å². The lowest BCUT2D eigenvalue weighted by molar-refractivity contribution is -0.121. The minimum absolute atomic E-state index is 0.0814. The summed E-state index contributed by atoms with van der Waals surface area (Å²) in [4.78, 5) is 39.2. The Kier molecular flexibility index (Phi) is 7.11. The number of carbonyl (C=O) groups excluding carboxylic acids is 3. The van der Waals surface area contributed by atoms with E-state index in [0.29, 0.717) is 35.1 Å². The number of nitrogens with one attached hydrogen (secondary N) is 2. The van der Waals surface area contributed by atoms with E-state index in [4.69, 9.17) is 11.6 Å². The Bertz CT molecular complexity index is 928. The summed E-state index contributed by atoms with van der Waals surface area (Å²) in [6.07, 6.45) is 1.49. The van der Waals surface area contributed by atoms with Crippen LogP contribution in [-0.2, 0) is 9.59 Å². The normalized spacial score (nSPS) is 16.3. The number of halogens is 1. The highest BCUT2D eigenvalue weighted by atomic mass is 35.5. The molecule has 7 heteroatoms. The first kappa shape index (κ1) is 21.8. The lowest BCUT2D eigenvalue weighted by atomic mass is 9.96. The summed E-state index contributed by atoms with van der Waals surface area (Å²) in [6.45, 7) is 4.64. The van der Waals surface area contributed by atoms with E-state index >= 15 is 0 Å². The van der Waals surface area contributed by atoms with Crippen molar-refractivity contribution >= 4 is 40.7 Å². The van der Waals surface area contributed by atoms with Crippen LogP contribution in [0.4, 0.5) is 11.4 Å². The summed E-state index contributed by atoms with van der Waals surface area (Å²) in [5, 5.41) is 6.32. The van der Waals surface area contributed by atoms with Gasteiger partial charge in [0, 0.05) is 41.0 Å². The van der Waals surface area contributed by atoms with Crippen molar-refractivity contribution in [3.05, 3.63) is 59.1 Å². The molecule has 1 heterocycles. The Morgan fingerprint density at radius 2 is 1.70 bits per heavy atom. The number of benzene rings is 2. The Hall–Kier alpha value is -2.86. The number of anilines is 2. The zero-order chi connectivity index (χ0) is 21.7. The van der Waals surface area contributed by atoms with E-state index in [-0.39, 0.29) is 29.6 Å². The maximum Gasteiger partial charge on any atom is 0.253 e. The molecule has 1 aliphatic heterocycles. The smallest absolute Gasteiger partial charge is 0.253 e. The van der Waals surface area contributed by atoms with Crippen LogP contribution in [0.1, 0.15) is 37.0 Å². The Morgan fingerprint density at radius 1 is 1.03 bits per heavy atom. The standard InChI is InChI=1S/C23H26ClN3O3/c1-15(2)21(28)25-19-6-3-7-20(13-19)26-22(29)17-5-4-12-27(14-17)23(30)16-8-10-18(24)11-9-16/h3,6-11,13,15,17H,4-5,12,14H2,1-2H3,(H,25,28)(H,26,29). The van der Waals surface area contributed by atoms with Gasteiger partial charge in [-0.25, -0.2) is 0 Å². The minimum Gasteiger partial charge on any atom is -0.338 e. The van der Waals surface area contributed by atoms with Crippen molar-refractivity contribution in [1.82, 2.24) is 4.90 Å². The van der Waals surface area contributed by atoms with Gasteiger partial charge >= 0.3 is 0 Å². The van der Waals surface area contributed by atoms with Gasteiger partial charge in [0.25, 0.3) is 5.91 Å². The predicted octanol–water partition coefficient (Wildman–Crippen LogP) is 4.43. The third-order valence-corrected chi connectivity index (χ3v) is 5.34. The van der Waals surface area contributed by atoms with E-state index in [1.54, 1.807) is 53.4 Å². The number of nitrogens with zero attached hydrogens (tertiary/aromatic N) is 1. The number of piperidine rings is 1. The van der Waals surface area contributed by atoms with Crippen LogP contribution in [0.25, 0.3) is 0 Å². The van der Waals surface area contributed by atoms with Crippen molar-refractivity contribution in [2.45, 2.75) is 26.7 Å². The zero-order valence-corrected chi connectivity index (χ0v) is 17.9. The van der Waals surface area contributed by atoms with Crippen LogP contribution >= 0.6 is 11.6 Å². The van der Waals surface area contributed by atoms with Crippen LogP contribution in [0.5, 0.6) is 0 Å². The van der Waals surface area contributed by atoms with Gasteiger partial charge in [0.2, 0.25) is 11.8 Å². The molecule has 3 amide bonds. The van der Waals surface area contributed by atoms with Crippen LogP contribution in [0.15, 0.2) is 48.5 Å². The van der Waals surface area contributed by atoms with Crippen molar-refractivity contribution in [2.24, 2.45) is 11.8 Å². The molecule has 30 heavy (non-hydrogen) atoms. The summed E-state index contributed by atoms with van der Waals surface area (Å²) >= 11 is 5.90. The Labute approximate surface area is 181 Å². The molecule has 3 rings (SSSR count). The number of carbonyl (C=O) groups is 3. The van der Waals surface area contributed by atoms with Crippen LogP contribution in [0.2, 0.25) is 5.02 Å². The van der Waals surface area contributed by atoms with Crippen molar-refractivity contribution in [1.29, 1.82) is 0 Å². The molecular formula is C23H26ClN3O3. The van der Waals surface area contributed by atoms with Gasteiger partial charge in [-0.15, -0.1) is 0 Å². The molecule has 1 aliphatic rings. The van der Waals surface area contributed by atoms with Gasteiger partial charge < -0.3 is 15.5 Å². The first-order valence-electron chi connectivity index (χ1n) is 10.1. The third kappa shape index (κ3) is 5.60. The number of amides is 3.